The van der Waals surface area contributed by atoms with Gasteiger partial charge in [0.25, 0.3) is 0 Å². The van der Waals surface area contributed by atoms with E-state index in [4.69, 9.17) is 9.47 Å². The Labute approximate surface area is 181 Å². The zero-order chi connectivity index (χ0) is 21.5. The van der Waals surface area contributed by atoms with Gasteiger partial charge in [0.05, 0.1) is 6.61 Å². The number of carbonyl (C=O) groups is 1. The topological polar surface area (TPSA) is 35.5 Å². The predicted octanol–water partition coefficient (Wildman–Crippen LogP) is 6.63. The molecule has 3 nitrogen and oxygen atoms in total. The molecule has 2 aromatic carbocycles. The van der Waals surface area contributed by atoms with Gasteiger partial charge in [0.15, 0.2) is 0 Å². The van der Waals surface area contributed by atoms with Gasteiger partial charge in [0.2, 0.25) is 0 Å². The van der Waals surface area contributed by atoms with E-state index in [2.05, 4.69) is 50.2 Å². The normalized spacial score (nSPS) is 14.0. The standard InChI is InChI=1S/C27H34O3/c1-5-29-25-15-12-23(13-16-25)26-9-7-6-8-24(26)18-30-27-17-14-22(11-10-19(2)28)20(3)21(27)4/h12-17H,5-11,18H2,1-4H3. The minimum absolute atomic E-state index is 0.235. The number of hydrogen-bond donors (Lipinski definition) is 0. The van der Waals surface area contributed by atoms with Crippen molar-refractivity contribution in [3.63, 3.8) is 0 Å². The highest BCUT2D eigenvalue weighted by atomic mass is 16.5. The van der Waals surface area contributed by atoms with Crippen LogP contribution in [0, 0.1) is 13.8 Å². The monoisotopic (exact) mass is 406 g/mol. The first-order valence-corrected chi connectivity index (χ1v) is 11.1. The van der Waals surface area contributed by atoms with E-state index in [1.54, 1.807) is 6.92 Å². The average Bonchev–Trinajstić information content (AvgIpc) is 2.75. The van der Waals surface area contributed by atoms with Crippen molar-refractivity contribution in [1.29, 1.82) is 0 Å². The van der Waals surface area contributed by atoms with Crippen LogP contribution in [0.4, 0.5) is 0 Å². The van der Waals surface area contributed by atoms with Crippen molar-refractivity contribution in [1.82, 2.24) is 0 Å². The maximum absolute atomic E-state index is 11.3. The lowest BCUT2D eigenvalue weighted by atomic mass is 9.87. The summed E-state index contributed by atoms with van der Waals surface area (Å²) in [5.41, 5.74) is 7.76. The summed E-state index contributed by atoms with van der Waals surface area (Å²) in [6.45, 7) is 9.22. The fraction of sp³-hybridized carbons (Fsp3) is 0.444. The van der Waals surface area contributed by atoms with Crippen LogP contribution in [0.5, 0.6) is 11.5 Å². The van der Waals surface area contributed by atoms with Crippen LogP contribution in [0.1, 0.15) is 68.2 Å². The molecule has 0 radical (unpaired) electrons. The molecule has 0 saturated carbocycles. The Morgan fingerprint density at radius 1 is 0.933 bits per heavy atom. The molecule has 0 bridgehead atoms. The second-order valence-electron chi connectivity index (χ2n) is 8.21. The first kappa shape index (κ1) is 22.1. The molecule has 0 N–H and O–H groups in total. The van der Waals surface area contributed by atoms with Gasteiger partial charge in [-0.25, -0.2) is 0 Å². The largest absolute Gasteiger partial charge is 0.494 e. The van der Waals surface area contributed by atoms with Crippen LogP contribution in [0.25, 0.3) is 5.57 Å². The summed E-state index contributed by atoms with van der Waals surface area (Å²) in [5.74, 6) is 2.10. The molecule has 1 aliphatic rings. The van der Waals surface area contributed by atoms with Gasteiger partial charge in [-0.1, -0.05) is 18.2 Å². The van der Waals surface area contributed by atoms with Gasteiger partial charge >= 0.3 is 0 Å². The summed E-state index contributed by atoms with van der Waals surface area (Å²) in [7, 11) is 0. The highest BCUT2D eigenvalue weighted by Crippen LogP contribution is 2.34. The van der Waals surface area contributed by atoms with E-state index in [9.17, 15) is 4.79 Å². The Hall–Kier alpha value is -2.55. The zero-order valence-corrected chi connectivity index (χ0v) is 18.8. The number of Topliss-reactive ketones (excluding diaryl/α,β-unsaturated/α-hetero) is 1. The Balaban J connectivity index is 1.75. The predicted molar refractivity (Wildman–Crippen MR) is 123 cm³/mol. The van der Waals surface area contributed by atoms with E-state index in [1.165, 1.54) is 46.2 Å². The molecule has 0 aromatic heterocycles. The second-order valence-corrected chi connectivity index (χ2v) is 8.21. The van der Waals surface area contributed by atoms with Gasteiger partial charge in [-0.2, -0.15) is 0 Å². The van der Waals surface area contributed by atoms with Crippen LogP contribution in [-0.2, 0) is 11.2 Å². The van der Waals surface area contributed by atoms with Crippen LogP contribution >= 0.6 is 0 Å². The fourth-order valence-corrected chi connectivity index (χ4v) is 4.15. The molecule has 0 heterocycles. The molecule has 30 heavy (non-hydrogen) atoms. The van der Waals surface area contributed by atoms with Crippen LogP contribution in [0.2, 0.25) is 0 Å². The van der Waals surface area contributed by atoms with Gasteiger partial charge in [-0.3, -0.25) is 0 Å². The molecule has 0 amide bonds. The number of hydrogen-bond acceptors (Lipinski definition) is 3. The maximum Gasteiger partial charge on any atom is 0.130 e. The van der Waals surface area contributed by atoms with Gasteiger partial charge in [0, 0.05) is 6.42 Å². The van der Waals surface area contributed by atoms with Crippen molar-refractivity contribution in [3.05, 3.63) is 64.2 Å². The molecular formula is C27H34O3. The zero-order valence-electron chi connectivity index (χ0n) is 18.8. The van der Waals surface area contributed by atoms with Crippen LogP contribution in [0.3, 0.4) is 0 Å². The summed E-state index contributed by atoms with van der Waals surface area (Å²) in [6, 6.07) is 12.6. The van der Waals surface area contributed by atoms with Crippen LogP contribution < -0.4 is 9.47 Å². The number of carbonyl (C=O) groups excluding carboxylic acids is 1. The lowest BCUT2D eigenvalue weighted by Gasteiger charge is -2.22. The molecule has 2 aromatic rings. The number of ether oxygens (including phenoxy) is 2. The van der Waals surface area contributed by atoms with Crippen molar-refractivity contribution in [3.8, 4) is 11.5 Å². The third-order valence-corrected chi connectivity index (χ3v) is 6.09. The Bertz CT molecular complexity index is 906. The smallest absolute Gasteiger partial charge is 0.130 e. The Kier molecular flexibility index (Phi) is 7.73. The van der Waals surface area contributed by atoms with E-state index in [-0.39, 0.29) is 5.78 Å². The first-order valence-electron chi connectivity index (χ1n) is 11.1. The molecule has 0 unspecified atom stereocenters. The molecule has 1 aliphatic carbocycles. The minimum atomic E-state index is 0.235. The molecule has 3 rings (SSSR count). The molecular weight excluding hydrogens is 372 g/mol. The number of allylic oxidation sites excluding steroid dienone is 1. The molecule has 0 saturated heterocycles. The van der Waals surface area contributed by atoms with Crippen LogP contribution in [-0.4, -0.2) is 19.0 Å². The van der Waals surface area contributed by atoms with E-state index in [0.29, 0.717) is 19.6 Å². The van der Waals surface area contributed by atoms with E-state index in [1.807, 2.05) is 6.92 Å². The van der Waals surface area contributed by atoms with Crippen molar-refractivity contribution < 1.29 is 14.3 Å². The molecule has 0 fully saturated rings. The van der Waals surface area contributed by atoms with Crippen molar-refractivity contribution >= 4 is 11.4 Å². The SMILES string of the molecule is CCOc1ccc(C2=C(COc3ccc(CCC(C)=O)c(C)c3C)CCCC2)cc1. The van der Waals surface area contributed by atoms with Gasteiger partial charge in [0.1, 0.15) is 23.9 Å². The Morgan fingerprint density at radius 3 is 2.37 bits per heavy atom. The number of aryl methyl sites for hydroxylation is 1. The Morgan fingerprint density at radius 2 is 1.67 bits per heavy atom. The highest BCUT2D eigenvalue weighted by Gasteiger charge is 2.16. The summed E-state index contributed by atoms with van der Waals surface area (Å²) in [4.78, 5) is 11.3. The van der Waals surface area contributed by atoms with Gasteiger partial charge in [-0.05, 0) is 111 Å². The quantitative estimate of drug-likeness (QED) is 0.469. The summed E-state index contributed by atoms with van der Waals surface area (Å²) in [6.07, 6.45) is 6.05. The van der Waals surface area contributed by atoms with Gasteiger partial charge < -0.3 is 14.3 Å². The minimum Gasteiger partial charge on any atom is -0.494 e. The summed E-state index contributed by atoms with van der Waals surface area (Å²) < 4.78 is 11.9. The number of ketones is 1. The van der Waals surface area contributed by atoms with E-state index < -0.39 is 0 Å². The lowest BCUT2D eigenvalue weighted by molar-refractivity contribution is -0.116. The number of benzene rings is 2. The molecule has 160 valence electrons. The molecule has 0 spiro atoms. The van der Waals surface area contributed by atoms with Crippen LogP contribution in [0.15, 0.2) is 42.0 Å². The van der Waals surface area contributed by atoms with Crippen molar-refractivity contribution in [2.24, 2.45) is 0 Å². The second kappa shape index (κ2) is 10.5. The summed E-state index contributed by atoms with van der Waals surface area (Å²) in [5, 5.41) is 0. The molecule has 3 heteroatoms. The molecule has 0 aliphatic heterocycles. The van der Waals surface area contributed by atoms with E-state index in [0.717, 1.165) is 30.8 Å². The van der Waals surface area contributed by atoms with Gasteiger partial charge in [-0.15, -0.1) is 0 Å². The summed E-state index contributed by atoms with van der Waals surface area (Å²) >= 11 is 0. The van der Waals surface area contributed by atoms with E-state index >= 15 is 0 Å². The average molecular weight is 407 g/mol. The fourth-order valence-electron chi connectivity index (χ4n) is 4.15. The molecule has 0 atom stereocenters. The first-order chi connectivity index (χ1) is 14.5. The highest BCUT2D eigenvalue weighted by molar-refractivity contribution is 5.75. The maximum atomic E-state index is 11.3. The third kappa shape index (κ3) is 5.53. The van der Waals surface area contributed by atoms with Crippen molar-refractivity contribution in [2.45, 2.75) is 66.2 Å². The third-order valence-electron chi connectivity index (χ3n) is 6.09. The van der Waals surface area contributed by atoms with Crippen molar-refractivity contribution in [2.75, 3.05) is 13.2 Å². The number of rotatable bonds is 9. The lowest BCUT2D eigenvalue weighted by Crippen LogP contribution is -2.09.